The molecule has 0 fully saturated rings. The van der Waals surface area contributed by atoms with Gasteiger partial charge in [0.15, 0.2) is 0 Å². The zero-order chi connectivity index (χ0) is 27.3. The number of aliphatic carboxylic acids is 1. The number of hydrogen-bond donors (Lipinski definition) is 2. The summed E-state index contributed by atoms with van der Waals surface area (Å²) >= 11 is 0. The number of ether oxygens (including phenoxy) is 1. The highest BCUT2D eigenvalue weighted by molar-refractivity contribution is 7.89. The molecule has 0 aliphatic carbocycles. The first-order valence-corrected chi connectivity index (χ1v) is 13.7. The van der Waals surface area contributed by atoms with E-state index in [0.29, 0.717) is 12.3 Å². The van der Waals surface area contributed by atoms with Gasteiger partial charge in [0.05, 0.1) is 4.90 Å². The lowest BCUT2D eigenvalue weighted by molar-refractivity contribution is -0.138. The van der Waals surface area contributed by atoms with Gasteiger partial charge in [-0.15, -0.1) is 5.92 Å². The Labute approximate surface area is 223 Å². The first kappa shape index (κ1) is 27.0. The predicted molar refractivity (Wildman–Crippen MR) is 148 cm³/mol. The normalized spacial score (nSPS) is 12.1. The second kappa shape index (κ2) is 11.5. The summed E-state index contributed by atoms with van der Waals surface area (Å²) in [5.41, 5.74) is 4.99. The maximum Gasteiger partial charge on any atom is 0.322 e. The highest BCUT2D eigenvalue weighted by Gasteiger charge is 2.28. The van der Waals surface area contributed by atoms with Crippen LogP contribution in [-0.2, 0) is 27.8 Å². The Balaban J connectivity index is 1.62. The number of carboxylic acids is 1. The van der Waals surface area contributed by atoms with Crippen LogP contribution in [0, 0.1) is 25.7 Å². The van der Waals surface area contributed by atoms with E-state index in [-0.39, 0.29) is 17.9 Å². The molecule has 3 aromatic carbocycles. The number of aromatic nitrogens is 1. The molecule has 0 saturated heterocycles. The lowest BCUT2D eigenvalue weighted by Crippen LogP contribution is -2.42. The van der Waals surface area contributed by atoms with E-state index in [1.807, 2.05) is 43.3 Å². The highest BCUT2D eigenvalue weighted by Crippen LogP contribution is 2.29. The minimum Gasteiger partial charge on any atom is -0.481 e. The molecule has 0 spiro atoms. The van der Waals surface area contributed by atoms with Crippen LogP contribution in [-0.4, -0.2) is 36.7 Å². The molecule has 0 saturated carbocycles. The zero-order valence-corrected chi connectivity index (χ0v) is 22.4. The first-order valence-electron chi connectivity index (χ1n) is 12.2. The van der Waals surface area contributed by atoms with Gasteiger partial charge in [-0.3, -0.25) is 4.79 Å². The third-order valence-corrected chi connectivity index (χ3v) is 8.06. The molecular formula is C30H30N2O5S. The molecule has 4 rings (SSSR count). The number of rotatable bonds is 10. The first-order chi connectivity index (χ1) is 18.2. The molecule has 0 bridgehead atoms. The third-order valence-electron chi connectivity index (χ3n) is 6.58. The van der Waals surface area contributed by atoms with Crippen LogP contribution in [0.5, 0.6) is 5.75 Å². The Kier molecular flexibility index (Phi) is 8.20. The molecule has 7 nitrogen and oxygen atoms in total. The monoisotopic (exact) mass is 530 g/mol. The number of sulfonamides is 1. The fraction of sp³-hybridized carbons (Fsp3) is 0.233. The minimum atomic E-state index is -4.10. The molecule has 4 aromatic rings. The largest absolute Gasteiger partial charge is 0.481 e. The number of benzene rings is 3. The maximum absolute atomic E-state index is 13.1. The molecule has 0 amide bonds. The van der Waals surface area contributed by atoms with E-state index in [1.165, 1.54) is 24.3 Å². The molecule has 196 valence electrons. The lowest BCUT2D eigenvalue weighted by atomic mass is 10.0. The fourth-order valence-electron chi connectivity index (χ4n) is 4.47. The molecule has 0 aliphatic heterocycles. The molecule has 0 radical (unpaired) electrons. The molecule has 38 heavy (non-hydrogen) atoms. The van der Waals surface area contributed by atoms with Crippen LogP contribution in [0.4, 0.5) is 0 Å². The Morgan fingerprint density at radius 1 is 1.03 bits per heavy atom. The van der Waals surface area contributed by atoms with Gasteiger partial charge in [-0.2, -0.15) is 4.72 Å². The van der Waals surface area contributed by atoms with Crippen molar-refractivity contribution in [2.75, 3.05) is 6.61 Å². The van der Waals surface area contributed by atoms with Crippen molar-refractivity contribution in [3.05, 3.63) is 95.2 Å². The van der Waals surface area contributed by atoms with Gasteiger partial charge in [-0.25, -0.2) is 8.42 Å². The standard InChI is InChI=1S/C30H30N2O5S/c1-4-5-18-37-24-14-16-25(17-15-24)38(35,36)31-28(30(33)34)19-27-22(3)32(29-13-9-8-12-26(27)29)20-23-11-7-6-10-21(23)2/h6-17,28,31H,18-20H2,1-3H3,(H,33,34). The van der Waals surface area contributed by atoms with E-state index in [9.17, 15) is 18.3 Å². The van der Waals surface area contributed by atoms with Crippen LogP contribution >= 0.6 is 0 Å². The van der Waals surface area contributed by atoms with Crippen LogP contribution in [0.1, 0.15) is 29.3 Å². The smallest absolute Gasteiger partial charge is 0.322 e. The van der Waals surface area contributed by atoms with Crippen molar-refractivity contribution in [3.63, 3.8) is 0 Å². The predicted octanol–water partition coefficient (Wildman–Crippen LogP) is 4.68. The lowest BCUT2D eigenvalue weighted by Gasteiger charge is -2.16. The number of hydrogen-bond acceptors (Lipinski definition) is 4. The van der Waals surface area contributed by atoms with E-state index in [0.717, 1.165) is 33.3 Å². The van der Waals surface area contributed by atoms with Crippen molar-refractivity contribution in [2.45, 2.75) is 44.7 Å². The van der Waals surface area contributed by atoms with Gasteiger partial charge in [0.1, 0.15) is 18.4 Å². The Bertz CT molecular complexity index is 1630. The molecule has 1 atom stereocenters. The van der Waals surface area contributed by atoms with Crippen molar-refractivity contribution < 1.29 is 23.1 Å². The summed E-state index contributed by atoms with van der Waals surface area (Å²) in [5.74, 6) is 4.71. The number of carbonyl (C=O) groups is 1. The topological polar surface area (TPSA) is 97.6 Å². The molecule has 8 heteroatoms. The maximum atomic E-state index is 13.1. The van der Waals surface area contributed by atoms with Gasteiger partial charge in [-0.05, 0) is 67.8 Å². The van der Waals surface area contributed by atoms with Gasteiger partial charge in [0.2, 0.25) is 10.0 Å². The van der Waals surface area contributed by atoms with E-state index >= 15 is 0 Å². The Morgan fingerprint density at radius 3 is 2.39 bits per heavy atom. The van der Waals surface area contributed by atoms with Crippen molar-refractivity contribution in [3.8, 4) is 17.6 Å². The van der Waals surface area contributed by atoms with Crippen molar-refractivity contribution in [1.29, 1.82) is 0 Å². The highest BCUT2D eigenvalue weighted by atomic mass is 32.2. The second-order valence-electron chi connectivity index (χ2n) is 9.00. The zero-order valence-electron chi connectivity index (χ0n) is 21.6. The quantitative estimate of drug-likeness (QED) is 0.290. The summed E-state index contributed by atoms with van der Waals surface area (Å²) in [5, 5.41) is 10.9. The summed E-state index contributed by atoms with van der Waals surface area (Å²) in [6.45, 7) is 6.53. The van der Waals surface area contributed by atoms with Gasteiger partial charge in [0.25, 0.3) is 0 Å². The molecule has 2 N–H and O–H groups in total. The number of nitrogens with zero attached hydrogens (tertiary/aromatic N) is 1. The number of fused-ring (bicyclic) bond motifs is 1. The molecule has 0 aliphatic rings. The van der Waals surface area contributed by atoms with Crippen LogP contribution < -0.4 is 9.46 Å². The fourth-order valence-corrected chi connectivity index (χ4v) is 5.66. The third kappa shape index (κ3) is 5.91. The van der Waals surface area contributed by atoms with Crippen LogP contribution in [0.15, 0.2) is 77.7 Å². The van der Waals surface area contributed by atoms with Crippen LogP contribution in [0.3, 0.4) is 0 Å². The minimum absolute atomic E-state index is 0.00142. The summed E-state index contributed by atoms with van der Waals surface area (Å²) in [6, 6.07) is 20.4. The van der Waals surface area contributed by atoms with Gasteiger partial charge in [-0.1, -0.05) is 48.4 Å². The molecular weight excluding hydrogens is 500 g/mol. The van der Waals surface area contributed by atoms with Crippen molar-refractivity contribution >= 4 is 26.9 Å². The molecule has 1 heterocycles. The molecule has 1 aromatic heterocycles. The SMILES string of the molecule is CC#CCOc1ccc(S(=O)(=O)NC(Cc2c(C)n(Cc3ccccc3C)c3ccccc23)C(=O)O)cc1. The number of carboxylic acid groups (broad SMARTS) is 1. The van der Waals surface area contributed by atoms with Crippen molar-refractivity contribution in [1.82, 2.24) is 9.29 Å². The number of aryl methyl sites for hydroxylation is 1. The van der Waals surface area contributed by atoms with Crippen LogP contribution in [0.25, 0.3) is 10.9 Å². The van der Waals surface area contributed by atoms with E-state index in [1.54, 1.807) is 6.92 Å². The number of para-hydroxylation sites is 1. The number of nitrogens with one attached hydrogen (secondary N) is 1. The average Bonchev–Trinajstić information content (AvgIpc) is 3.16. The Hall–Kier alpha value is -4.06. The Morgan fingerprint density at radius 2 is 1.71 bits per heavy atom. The summed E-state index contributed by atoms with van der Waals surface area (Å²) in [7, 11) is -4.10. The van der Waals surface area contributed by atoms with E-state index in [4.69, 9.17) is 4.74 Å². The average molecular weight is 531 g/mol. The van der Waals surface area contributed by atoms with Gasteiger partial charge in [0, 0.05) is 29.6 Å². The van der Waals surface area contributed by atoms with Gasteiger partial charge >= 0.3 is 5.97 Å². The summed E-state index contributed by atoms with van der Waals surface area (Å²) < 4.78 is 36.2. The summed E-state index contributed by atoms with van der Waals surface area (Å²) in [4.78, 5) is 12.2. The van der Waals surface area contributed by atoms with E-state index in [2.05, 4.69) is 40.2 Å². The molecule has 1 unspecified atom stereocenters. The van der Waals surface area contributed by atoms with Gasteiger partial charge < -0.3 is 14.4 Å². The van der Waals surface area contributed by atoms with E-state index < -0.39 is 22.0 Å². The second-order valence-corrected chi connectivity index (χ2v) is 10.7. The van der Waals surface area contributed by atoms with Crippen molar-refractivity contribution in [2.24, 2.45) is 0 Å². The van der Waals surface area contributed by atoms with Crippen LogP contribution in [0.2, 0.25) is 0 Å². The summed E-state index contributed by atoms with van der Waals surface area (Å²) in [6.07, 6.45) is -0.00142.